The fraction of sp³-hybridized carbons (Fsp3) is 0.524. The zero-order valence-corrected chi connectivity index (χ0v) is 16.2. The lowest BCUT2D eigenvalue weighted by atomic mass is 9.91. The number of rotatable bonds is 4. The largest absolute Gasteiger partial charge is 0.497 e. The second-order valence-electron chi connectivity index (χ2n) is 7.43. The monoisotopic (exact) mass is 368 g/mol. The van der Waals surface area contributed by atoms with E-state index in [1.807, 2.05) is 23.2 Å². The lowest BCUT2D eigenvalue weighted by Crippen LogP contribution is -2.48. The highest BCUT2D eigenvalue weighted by Crippen LogP contribution is 2.30. The molecule has 1 saturated heterocycles. The van der Waals surface area contributed by atoms with Crippen molar-refractivity contribution in [1.82, 2.24) is 19.4 Å². The Balaban J connectivity index is 1.44. The van der Waals surface area contributed by atoms with E-state index in [2.05, 4.69) is 33.5 Å². The zero-order chi connectivity index (χ0) is 18.8. The van der Waals surface area contributed by atoms with Crippen LogP contribution in [-0.2, 0) is 13.0 Å². The molecule has 2 aromatic rings. The minimum absolute atomic E-state index is 0.0775. The number of nitrogens with zero attached hydrogens (tertiary/aromatic N) is 4. The van der Waals surface area contributed by atoms with Crippen LogP contribution in [0.3, 0.4) is 0 Å². The molecular formula is C21H28N4O2. The summed E-state index contributed by atoms with van der Waals surface area (Å²) in [6.07, 6.45) is 3.93. The molecule has 0 unspecified atom stereocenters. The van der Waals surface area contributed by atoms with Crippen LogP contribution in [-0.4, -0.2) is 65.1 Å². The van der Waals surface area contributed by atoms with Crippen LogP contribution in [0.5, 0.6) is 5.75 Å². The average Bonchev–Trinajstić information content (AvgIpc) is 3.16. The summed E-state index contributed by atoms with van der Waals surface area (Å²) in [4.78, 5) is 21.8. The first-order valence-electron chi connectivity index (χ1n) is 9.89. The van der Waals surface area contributed by atoms with Crippen LogP contribution in [0.1, 0.15) is 41.1 Å². The van der Waals surface area contributed by atoms with E-state index < -0.39 is 0 Å². The molecule has 4 rings (SSSR count). The van der Waals surface area contributed by atoms with E-state index in [9.17, 15) is 4.79 Å². The van der Waals surface area contributed by atoms with Gasteiger partial charge in [-0.05, 0) is 30.7 Å². The molecule has 2 aliphatic rings. The number of amides is 1. The molecular weight excluding hydrogens is 340 g/mol. The summed E-state index contributed by atoms with van der Waals surface area (Å²) >= 11 is 0. The summed E-state index contributed by atoms with van der Waals surface area (Å²) in [6.45, 7) is 7.59. The maximum atomic E-state index is 12.9. The molecule has 1 atom stereocenters. The van der Waals surface area contributed by atoms with Crippen LogP contribution in [0.4, 0.5) is 0 Å². The molecule has 0 bridgehead atoms. The van der Waals surface area contributed by atoms with Crippen molar-refractivity contribution in [3.05, 3.63) is 47.5 Å². The zero-order valence-electron chi connectivity index (χ0n) is 16.2. The van der Waals surface area contributed by atoms with Gasteiger partial charge in [-0.15, -0.1) is 0 Å². The van der Waals surface area contributed by atoms with Crippen molar-refractivity contribution in [2.45, 2.75) is 32.2 Å². The van der Waals surface area contributed by atoms with Crippen LogP contribution in [0, 0.1) is 0 Å². The summed E-state index contributed by atoms with van der Waals surface area (Å²) < 4.78 is 7.43. The van der Waals surface area contributed by atoms with Gasteiger partial charge in [0.1, 0.15) is 17.3 Å². The first-order chi connectivity index (χ1) is 13.2. The molecule has 0 spiro atoms. The van der Waals surface area contributed by atoms with Crippen LogP contribution >= 0.6 is 0 Å². The predicted molar refractivity (Wildman–Crippen MR) is 104 cm³/mol. The van der Waals surface area contributed by atoms with E-state index in [4.69, 9.17) is 4.74 Å². The Morgan fingerprint density at radius 2 is 1.93 bits per heavy atom. The van der Waals surface area contributed by atoms with Gasteiger partial charge in [-0.3, -0.25) is 4.79 Å². The summed E-state index contributed by atoms with van der Waals surface area (Å²) in [5, 5.41) is 0. The predicted octanol–water partition coefficient (Wildman–Crippen LogP) is 2.40. The van der Waals surface area contributed by atoms with Gasteiger partial charge in [0.05, 0.1) is 7.11 Å². The summed E-state index contributed by atoms with van der Waals surface area (Å²) in [5.41, 5.74) is 1.92. The molecule has 6 heteroatoms. The Bertz CT molecular complexity index is 791. The van der Waals surface area contributed by atoms with E-state index in [0.29, 0.717) is 11.6 Å². The third-order valence-corrected chi connectivity index (χ3v) is 5.91. The van der Waals surface area contributed by atoms with Crippen molar-refractivity contribution in [2.75, 3.05) is 39.8 Å². The normalized spacial score (nSPS) is 20.4. The van der Waals surface area contributed by atoms with Crippen LogP contribution in [0.2, 0.25) is 0 Å². The number of methoxy groups -OCH3 is 1. The first kappa shape index (κ1) is 18.0. The first-order valence-corrected chi connectivity index (χ1v) is 9.89. The maximum absolute atomic E-state index is 12.9. The lowest BCUT2D eigenvalue weighted by Gasteiger charge is -2.33. The fourth-order valence-corrected chi connectivity index (χ4v) is 4.12. The van der Waals surface area contributed by atoms with Crippen molar-refractivity contribution in [2.24, 2.45) is 0 Å². The topological polar surface area (TPSA) is 50.6 Å². The summed E-state index contributed by atoms with van der Waals surface area (Å²) in [5.74, 6) is 2.45. The Morgan fingerprint density at radius 3 is 2.59 bits per heavy atom. The van der Waals surface area contributed by atoms with Gasteiger partial charge in [-0.25, -0.2) is 4.98 Å². The van der Waals surface area contributed by atoms with Crippen molar-refractivity contribution in [3.8, 4) is 5.75 Å². The molecule has 1 amide bonds. The minimum Gasteiger partial charge on any atom is -0.497 e. The van der Waals surface area contributed by atoms with Crippen LogP contribution in [0.25, 0.3) is 0 Å². The molecule has 2 aliphatic heterocycles. The Labute approximate surface area is 160 Å². The van der Waals surface area contributed by atoms with E-state index in [-0.39, 0.29) is 5.91 Å². The number of benzene rings is 1. The standard InChI is InChI=1S/C21H28N4O2/c1-3-23-10-12-24(13-11-23)21(26)19-15-25-14-17(6-9-20(25)22-19)16-4-7-18(27-2)8-5-16/h4-5,7-8,15,17H,3,6,9-14H2,1-2H3/t17-/m1/s1. The molecule has 1 aromatic heterocycles. The lowest BCUT2D eigenvalue weighted by molar-refractivity contribution is 0.0638. The van der Waals surface area contributed by atoms with Gasteiger partial charge in [0.25, 0.3) is 5.91 Å². The second kappa shape index (κ2) is 7.72. The van der Waals surface area contributed by atoms with Gasteiger partial charge in [-0.1, -0.05) is 19.1 Å². The quantitative estimate of drug-likeness (QED) is 0.832. The van der Waals surface area contributed by atoms with Gasteiger partial charge in [0.15, 0.2) is 0 Å². The number of likely N-dealkylation sites (N-methyl/N-ethyl adjacent to an activating group) is 1. The third kappa shape index (κ3) is 3.72. The number of fused-ring (bicyclic) bond motifs is 1. The highest BCUT2D eigenvalue weighted by molar-refractivity contribution is 5.92. The number of hydrogen-bond donors (Lipinski definition) is 0. The Kier molecular flexibility index (Phi) is 5.16. The van der Waals surface area contributed by atoms with Crippen LogP contribution < -0.4 is 4.74 Å². The number of imidazole rings is 1. The average molecular weight is 368 g/mol. The smallest absolute Gasteiger partial charge is 0.274 e. The molecule has 1 aromatic carbocycles. The molecule has 0 aliphatic carbocycles. The van der Waals surface area contributed by atoms with Crippen molar-refractivity contribution in [1.29, 1.82) is 0 Å². The molecule has 0 radical (unpaired) electrons. The summed E-state index contributed by atoms with van der Waals surface area (Å²) in [6, 6.07) is 8.32. The van der Waals surface area contributed by atoms with Gasteiger partial charge in [0, 0.05) is 51.3 Å². The van der Waals surface area contributed by atoms with Crippen molar-refractivity contribution in [3.63, 3.8) is 0 Å². The number of hydrogen-bond acceptors (Lipinski definition) is 4. The van der Waals surface area contributed by atoms with E-state index in [0.717, 1.165) is 63.7 Å². The number of aromatic nitrogens is 2. The van der Waals surface area contributed by atoms with Gasteiger partial charge >= 0.3 is 0 Å². The molecule has 1 fully saturated rings. The number of aryl methyl sites for hydroxylation is 1. The molecule has 3 heterocycles. The molecule has 0 N–H and O–H groups in total. The van der Waals surface area contributed by atoms with Gasteiger partial charge < -0.3 is 19.1 Å². The molecule has 27 heavy (non-hydrogen) atoms. The SMILES string of the molecule is CCN1CCN(C(=O)c2cn3c(n2)CC[C@@H](c2ccc(OC)cc2)C3)CC1. The van der Waals surface area contributed by atoms with Gasteiger partial charge in [0.2, 0.25) is 0 Å². The van der Waals surface area contributed by atoms with Crippen molar-refractivity contribution < 1.29 is 9.53 Å². The Hall–Kier alpha value is -2.34. The molecule has 144 valence electrons. The molecule has 6 nitrogen and oxygen atoms in total. The fourth-order valence-electron chi connectivity index (χ4n) is 4.12. The third-order valence-electron chi connectivity index (χ3n) is 5.91. The highest BCUT2D eigenvalue weighted by atomic mass is 16.5. The number of carbonyl (C=O) groups excluding carboxylic acids is 1. The number of carbonyl (C=O) groups is 1. The summed E-state index contributed by atoms with van der Waals surface area (Å²) in [7, 11) is 1.69. The van der Waals surface area contributed by atoms with Crippen LogP contribution in [0.15, 0.2) is 30.5 Å². The molecule has 0 saturated carbocycles. The number of piperazine rings is 1. The second-order valence-corrected chi connectivity index (χ2v) is 7.43. The highest BCUT2D eigenvalue weighted by Gasteiger charge is 2.27. The van der Waals surface area contributed by atoms with E-state index >= 15 is 0 Å². The van der Waals surface area contributed by atoms with Crippen molar-refractivity contribution >= 4 is 5.91 Å². The van der Waals surface area contributed by atoms with E-state index in [1.165, 1.54) is 5.56 Å². The maximum Gasteiger partial charge on any atom is 0.274 e. The Morgan fingerprint density at radius 1 is 1.19 bits per heavy atom. The minimum atomic E-state index is 0.0775. The van der Waals surface area contributed by atoms with Gasteiger partial charge in [-0.2, -0.15) is 0 Å². The van der Waals surface area contributed by atoms with E-state index in [1.54, 1.807) is 7.11 Å². The number of ether oxygens (including phenoxy) is 1.